The molecule has 0 aromatic carbocycles. The number of amides is 2. The standard InChI is InChI=1S/C17H20N4O4/c1-12(9-19-17(24)13-4-3-7-21(25)11-13)20(2)16(23)8-14-5-6-15(22)10-18-14/h3-7,10-12,22H,8-9H2,1-2H3,(H,19,24)/t12-/m1/s1. The molecule has 2 N–H and O–H groups in total. The van der Waals surface area contributed by atoms with Crippen LogP contribution in [-0.4, -0.2) is 46.4 Å². The Kier molecular flexibility index (Phi) is 5.89. The Morgan fingerprint density at radius 1 is 1.40 bits per heavy atom. The summed E-state index contributed by atoms with van der Waals surface area (Å²) in [5.74, 6) is -0.490. The highest BCUT2D eigenvalue weighted by Crippen LogP contribution is 2.08. The largest absolute Gasteiger partial charge is 0.619 e. The zero-order valence-corrected chi connectivity index (χ0v) is 14.0. The summed E-state index contributed by atoms with van der Waals surface area (Å²) in [7, 11) is 1.65. The number of likely N-dealkylation sites (N-methyl/N-ethyl adjacent to an activating group) is 1. The van der Waals surface area contributed by atoms with Crippen LogP contribution in [0.3, 0.4) is 0 Å². The summed E-state index contributed by atoms with van der Waals surface area (Å²) in [6, 6.07) is 5.85. The molecular weight excluding hydrogens is 324 g/mol. The third kappa shape index (κ3) is 5.17. The van der Waals surface area contributed by atoms with Gasteiger partial charge in [0.25, 0.3) is 5.91 Å². The first-order valence-electron chi connectivity index (χ1n) is 7.73. The van der Waals surface area contributed by atoms with E-state index in [1.165, 1.54) is 35.6 Å². The quantitative estimate of drug-likeness (QED) is 0.576. The predicted molar refractivity (Wildman–Crippen MR) is 89.6 cm³/mol. The molecule has 0 fully saturated rings. The van der Waals surface area contributed by atoms with Crippen LogP contribution in [0, 0.1) is 5.21 Å². The minimum atomic E-state index is -0.377. The number of nitrogens with zero attached hydrogens (tertiary/aromatic N) is 3. The highest BCUT2D eigenvalue weighted by Gasteiger charge is 2.18. The SMILES string of the molecule is C[C@H](CNC(=O)c1ccc[n+]([O-])c1)N(C)C(=O)Cc1ccc(O)cn1. The normalized spacial score (nSPS) is 11.6. The van der Waals surface area contributed by atoms with Crippen molar-refractivity contribution in [3.63, 3.8) is 0 Å². The maximum atomic E-state index is 12.3. The van der Waals surface area contributed by atoms with E-state index >= 15 is 0 Å². The zero-order chi connectivity index (χ0) is 18.4. The van der Waals surface area contributed by atoms with E-state index in [2.05, 4.69) is 10.3 Å². The lowest BCUT2D eigenvalue weighted by atomic mass is 10.2. The van der Waals surface area contributed by atoms with Crippen molar-refractivity contribution >= 4 is 11.8 Å². The molecule has 0 unspecified atom stereocenters. The molecule has 2 rings (SSSR count). The van der Waals surface area contributed by atoms with Crippen LogP contribution < -0.4 is 10.0 Å². The van der Waals surface area contributed by atoms with E-state index in [1.807, 2.05) is 0 Å². The van der Waals surface area contributed by atoms with Gasteiger partial charge >= 0.3 is 0 Å². The third-order valence-electron chi connectivity index (χ3n) is 3.79. The molecule has 8 heteroatoms. The van der Waals surface area contributed by atoms with Crippen LogP contribution in [0.25, 0.3) is 0 Å². The molecule has 0 bridgehead atoms. The molecule has 2 aromatic heterocycles. The molecule has 2 heterocycles. The van der Waals surface area contributed by atoms with Crippen LogP contribution in [-0.2, 0) is 11.2 Å². The molecule has 0 saturated heterocycles. The van der Waals surface area contributed by atoms with E-state index in [4.69, 9.17) is 0 Å². The number of hydrogen-bond acceptors (Lipinski definition) is 5. The number of pyridine rings is 2. The monoisotopic (exact) mass is 344 g/mol. The third-order valence-corrected chi connectivity index (χ3v) is 3.79. The van der Waals surface area contributed by atoms with Crippen LogP contribution in [0.4, 0.5) is 0 Å². The van der Waals surface area contributed by atoms with Gasteiger partial charge in [-0.2, -0.15) is 4.73 Å². The molecule has 25 heavy (non-hydrogen) atoms. The molecule has 0 aliphatic carbocycles. The number of carbonyl (C=O) groups excluding carboxylic acids is 2. The first kappa shape index (κ1) is 18.2. The molecule has 0 saturated carbocycles. The molecule has 0 aliphatic rings. The number of aromatic nitrogens is 2. The van der Waals surface area contributed by atoms with Gasteiger partial charge in [0.2, 0.25) is 5.91 Å². The van der Waals surface area contributed by atoms with Crippen LogP contribution in [0.15, 0.2) is 42.9 Å². The average Bonchev–Trinajstić information content (AvgIpc) is 2.60. The van der Waals surface area contributed by atoms with Gasteiger partial charge < -0.3 is 20.5 Å². The molecule has 1 atom stereocenters. The summed E-state index contributed by atoms with van der Waals surface area (Å²) in [4.78, 5) is 29.8. The Morgan fingerprint density at radius 3 is 2.80 bits per heavy atom. The lowest BCUT2D eigenvalue weighted by Gasteiger charge is -2.25. The van der Waals surface area contributed by atoms with Gasteiger partial charge in [-0.05, 0) is 25.1 Å². The predicted octanol–water partition coefficient (Wildman–Crippen LogP) is 0.240. The Labute approximate surface area is 145 Å². The second-order valence-corrected chi connectivity index (χ2v) is 5.70. The first-order chi connectivity index (χ1) is 11.9. The second-order valence-electron chi connectivity index (χ2n) is 5.70. The van der Waals surface area contributed by atoms with Gasteiger partial charge in [0, 0.05) is 31.4 Å². The average molecular weight is 344 g/mol. The highest BCUT2D eigenvalue weighted by atomic mass is 16.5. The number of hydrogen-bond donors (Lipinski definition) is 2. The number of nitrogens with one attached hydrogen (secondary N) is 1. The van der Waals surface area contributed by atoms with Crippen molar-refractivity contribution in [1.29, 1.82) is 0 Å². The highest BCUT2D eigenvalue weighted by molar-refractivity contribution is 5.93. The molecule has 0 spiro atoms. The minimum Gasteiger partial charge on any atom is -0.619 e. The smallest absolute Gasteiger partial charge is 0.257 e. The lowest BCUT2D eigenvalue weighted by molar-refractivity contribution is -0.605. The molecular formula is C17H20N4O4. The van der Waals surface area contributed by atoms with E-state index in [0.717, 1.165) is 0 Å². The van der Waals surface area contributed by atoms with Gasteiger partial charge in [-0.25, -0.2) is 0 Å². The van der Waals surface area contributed by atoms with Gasteiger partial charge in [0.15, 0.2) is 12.4 Å². The summed E-state index contributed by atoms with van der Waals surface area (Å²) >= 11 is 0. The first-order valence-corrected chi connectivity index (χ1v) is 7.73. The maximum absolute atomic E-state index is 12.3. The zero-order valence-electron chi connectivity index (χ0n) is 14.0. The molecule has 8 nitrogen and oxygen atoms in total. The van der Waals surface area contributed by atoms with Crippen molar-refractivity contribution in [3.8, 4) is 5.75 Å². The summed E-state index contributed by atoms with van der Waals surface area (Å²) in [5, 5.41) is 23.1. The van der Waals surface area contributed by atoms with Gasteiger partial charge in [-0.3, -0.25) is 14.6 Å². The van der Waals surface area contributed by atoms with Crippen LogP contribution in [0.5, 0.6) is 5.75 Å². The topological polar surface area (TPSA) is 109 Å². The van der Waals surface area contributed by atoms with E-state index < -0.39 is 0 Å². The Bertz CT molecular complexity index is 749. The van der Waals surface area contributed by atoms with Crippen LogP contribution >= 0.6 is 0 Å². The summed E-state index contributed by atoms with van der Waals surface area (Å²) in [6.45, 7) is 2.05. The maximum Gasteiger partial charge on any atom is 0.257 e. The van der Waals surface area contributed by atoms with Crippen molar-refractivity contribution in [2.75, 3.05) is 13.6 Å². The van der Waals surface area contributed by atoms with E-state index in [-0.39, 0.29) is 42.1 Å². The van der Waals surface area contributed by atoms with Crippen molar-refractivity contribution in [2.24, 2.45) is 0 Å². The molecule has 0 radical (unpaired) electrons. The molecule has 132 valence electrons. The number of carbonyl (C=O) groups is 2. The molecule has 2 aromatic rings. The van der Waals surface area contributed by atoms with Gasteiger partial charge in [-0.1, -0.05) is 0 Å². The van der Waals surface area contributed by atoms with Gasteiger partial charge in [0.05, 0.1) is 12.6 Å². The van der Waals surface area contributed by atoms with Gasteiger partial charge in [0.1, 0.15) is 11.3 Å². The minimum absolute atomic E-state index is 0.0425. The Balaban J connectivity index is 1.86. The van der Waals surface area contributed by atoms with Crippen molar-refractivity contribution in [1.82, 2.24) is 15.2 Å². The summed E-state index contributed by atoms with van der Waals surface area (Å²) < 4.78 is 0.554. The van der Waals surface area contributed by atoms with Crippen LogP contribution in [0.2, 0.25) is 0 Å². The second kappa shape index (κ2) is 8.09. The van der Waals surface area contributed by atoms with Gasteiger partial charge in [-0.15, -0.1) is 0 Å². The van der Waals surface area contributed by atoms with Crippen molar-refractivity contribution in [2.45, 2.75) is 19.4 Å². The number of aromatic hydroxyl groups is 1. The van der Waals surface area contributed by atoms with Crippen molar-refractivity contribution < 1.29 is 19.4 Å². The lowest BCUT2D eigenvalue weighted by Crippen LogP contribution is -2.44. The fourth-order valence-electron chi connectivity index (χ4n) is 2.12. The van der Waals surface area contributed by atoms with E-state index in [1.54, 1.807) is 26.1 Å². The fourth-order valence-corrected chi connectivity index (χ4v) is 2.12. The molecule has 0 aliphatic heterocycles. The van der Waals surface area contributed by atoms with E-state index in [0.29, 0.717) is 10.4 Å². The summed E-state index contributed by atoms with van der Waals surface area (Å²) in [6.07, 6.45) is 3.87. The van der Waals surface area contributed by atoms with Crippen molar-refractivity contribution in [3.05, 3.63) is 59.3 Å². The molecule has 2 amide bonds. The van der Waals surface area contributed by atoms with E-state index in [9.17, 15) is 19.9 Å². The summed E-state index contributed by atoms with van der Waals surface area (Å²) in [5.41, 5.74) is 0.808. The fraction of sp³-hybridized carbons (Fsp3) is 0.294. The Morgan fingerprint density at radius 2 is 2.16 bits per heavy atom. The van der Waals surface area contributed by atoms with Crippen LogP contribution in [0.1, 0.15) is 23.0 Å². The Hall–Kier alpha value is -3.16. The number of rotatable bonds is 6.